The molecule has 1 atom stereocenters. The first-order valence-corrected chi connectivity index (χ1v) is 8.67. The Bertz CT molecular complexity index is 712. The highest BCUT2D eigenvalue weighted by molar-refractivity contribution is 5.95. The molecule has 0 spiro atoms. The first-order valence-electron chi connectivity index (χ1n) is 8.67. The molecule has 1 aliphatic heterocycles. The van der Waals surface area contributed by atoms with Gasteiger partial charge in [-0.05, 0) is 44.9 Å². The minimum absolute atomic E-state index is 0.264. The van der Waals surface area contributed by atoms with Gasteiger partial charge in [0.05, 0.1) is 31.4 Å². The van der Waals surface area contributed by atoms with Crippen molar-refractivity contribution in [3.8, 4) is 11.5 Å². The zero-order valence-corrected chi connectivity index (χ0v) is 15.8. The molecule has 7 nitrogen and oxygen atoms in total. The average Bonchev–Trinajstić information content (AvgIpc) is 2.58. The number of rotatable bonds is 7. The number of hydrogen-bond donors (Lipinski definition) is 2. The number of esters is 1. The summed E-state index contributed by atoms with van der Waals surface area (Å²) < 4.78 is 16.4. The maximum Gasteiger partial charge on any atom is 0.338 e. The van der Waals surface area contributed by atoms with Gasteiger partial charge in [-0.1, -0.05) is 13.0 Å². The van der Waals surface area contributed by atoms with Gasteiger partial charge in [-0.3, -0.25) is 0 Å². The molecule has 0 radical (unpaired) electrons. The number of urea groups is 1. The molecular formula is C19H26N2O5. The number of amides is 2. The number of nitrogens with one attached hydrogen (secondary N) is 2. The molecule has 1 aromatic carbocycles. The first kappa shape index (κ1) is 19.6. The van der Waals surface area contributed by atoms with Gasteiger partial charge in [-0.25, -0.2) is 9.59 Å². The van der Waals surface area contributed by atoms with E-state index < -0.39 is 12.0 Å². The van der Waals surface area contributed by atoms with E-state index in [1.165, 1.54) is 0 Å². The van der Waals surface area contributed by atoms with Crippen molar-refractivity contribution in [2.45, 2.75) is 46.3 Å². The molecule has 2 N–H and O–H groups in total. The Morgan fingerprint density at radius 2 is 2.00 bits per heavy atom. The summed E-state index contributed by atoms with van der Waals surface area (Å²) in [4.78, 5) is 24.5. The third-order valence-electron chi connectivity index (χ3n) is 3.81. The van der Waals surface area contributed by atoms with Crippen LogP contribution in [0.4, 0.5) is 4.79 Å². The molecule has 0 saturated heterocycles. The SMILES string of the molecule is CCCOc1cc(C2NC(=O)NC(C)=C2C(=O)OC(C)C)ccc1OC. The van der Waals surface area contributed by atoms with Crippen molar-refractivity contribution >= 4 is 12.0 Å². The summed E-state index contributed by atoms with van der Waals surface area (Å²) in [6.07, 6.45) is 0.586. The van der Waals surface area contributed by atoms with Crippen molar-refractivity contribution in [2.24, 2.45) is 0 Å². The topological polar surface area (TPSA) is 85.9 Å². The number of benzene rings is 1. The number of methoxy groups -OCH3 is 1. The molecule has 26 heavy (non-hydrogen) atoms. The van der Waals surface area contributed by atoms with Crippen LogP contribution in [0.2, 0.25) is 0 Å². The summed E-state index contributed by atoms with van der Waals surface area (Å²) in [5, 5.41) is 5.41. The molecule has 1 aliphatic rings. The molecule has 0 aromatic heterocycles. The molecule has 1 unspecified atom stereocenters. The van der Waals surface area contributed by atoms with E-state index in [-0.39, 0.29) is 12.1 Å². The van der Waals surface area contributed by atoms with E-state index in [0.29, 0.717) is 34.9 Å². The van der Waals surface area contributed by atoms with Crippen LogP contribution in [0.5, 0.6) is 11.5 Å². The van der Waals surface area contributed by atoms with Crippen molar-refractivity contribution in [1.29, 1.82) is 0 Å². The number of ether oxygens (including phenoxy) is 3. The highest BCUT2D eigenvalue weighted by Gasteiger charge is 2.33. The van der Waals surface area contributed by atoms with Gasteiger partial charge < -0.3 is 24.8 Å². The first-order chi connectivity index (χ1) is 12.4. The predicted octanol–water partition coefficient (Wildman–Crippen LogP) is 3.06. The van der Waals surface area contributed by atoms with Gasteiger partial charge in [0.1, 0.15) is 0 Å². The molecule has 0 fully saturated rings. The van der Waals surface area contributed by atoms with Gasteiger partial charge in [-0.2, -0.15) is 0 Å². The van der Waals surface area contributed by atoms with E-state index in [0.717, 1.165) is 6.42 Å². The Balaban J connectivity index is 2.44. The number of carbonyl (C=O) groups excluding carboxylic acids is 2. The van der Waals surface area contributed by atoms with Crippen LogP contribution in [0, 0.1) is 0 Å². The Morgan fingerprint density at radius 3 is 2.62 bits per heavy atom. The van der Waals surface area contributed by atoms with Crippen molar-refractivity contribution in [3.63, 3.8) is 0 Å². The van der Waals surface area contributed by atoms with E-state index in [4.69, 9.17) is 14.2 Å². The Labute approximate surface area is 153 Å². The number of allylic oxidation sites excluding steroid dienone is 1. The smallest absolute Gasteiger partial charge is 0.338 e. The maximum atomic E-state index is 12.6. The van der Waals surface area contributed by atoms with Gasteiger partial charge in [-0.15, -0.1) is 0 Å². The average molecular weight is 362 g/mol. The lowest BCUT2D eigenvalue weighted by atomic mass is 9.95. The Morgan fingerprint density at radius 1 is 1.27 bits per heavy atom. The van der Waals surface area contributed by atoms with Gasteiger partial charge in [0.2, 0.25) is 0 Å². The third kappa shape index (κ3) is 4.47. The number of carbonyl (C=O) groups is 2. The molecule has 0 aliphatic carbocycles. The van der Waals surface area contributed by atoms with Crippen LogP contribution in [-0.2, 0) is 9.53 Å². The Kier molecular flexibility index (Phi) is 6.49. The molecule has 7 heteroatoms. The summed E-state index contributed by atoms with van der Waals surface area (Å²) in [6, 6.07) is 4.32. The van der Waals surface area contributed by atoms with Crippen LogP contribution in [0.3, 0.4) is 0 Å². The minimum atomic E-state index is -0.634. The van der Waals surface area contributed by atoms with Crippen molar-refractivity contribution in [3.05, 3.63) is 35.0 Å². The molecule has 1 heterocycles. The van der Waals surface area contributed by atoms with Crippen LogP contribution < -0.4 is 20.1 Å². The predicted molar refractivity (Wildman–Crippen MR) is 97.1 cm³/mol. The van der Waals surface area contributed by atoms with Crippen LogP contribution in [0.1, 0.15) is 45.7 Å². The van der Waals surface area contributed by atoms with Crippen molar-refractivity contribution in [2.75, 3.05) is 13.7 Å². The molecule has 2 rings (SSSR count). The highest BCUT2D eigenvalue weighted by atomic mass is 16.5. The summed E-state index contributed by atoms with van der Waals surface area (Å²) in [5.74, 6) is 0.685. The maximum absolute atomic E-state index is 12.6. The van der Waals surface area contributed by atoms with E-state index in [9.17, 15) is 9.59 Å². The fourth-order valence-electron chi connectivity index (χ4n) is 2.69. The van der Waals surface area contributed by atoms with Crippen molar-refractivity contribution in [1.82, 2.24) is 10.6 Å². The number of hydrogen-bond acceptors (Lipinski definition) is 5. The highest BCUT2D eigenvalue weighted by Crippen LogP contribution is 2.34. The Hall–Kier alpha value is -2.70. The minimum Gasteiger partial charge on any atom is -0.493 e. The third-order valence-corrected chi connectivity index (χ3v) is 3.81. The lowest BCUT2D eigenvalue weighted by Crippen LogP contribution is -2.45. The van der Waals surface area contributed by atoms with Gasteiger partial charge in [0.15, 0.2) is 11.5 Å². The van der Waals surface area contributed by atoms with E-state index in [1.54, 1.807) is 46.1 Å². The second-order valence-corrected chi connectivity index (χ2v) is 6.28. The van der Waals surface area contributed by atoms with Crippen LogP contribution >= 0.6 is 0 Å². The van der Waals surface area contributed by atoms with Gasteiger partial charge in [0, 0.05) is 5.70 Å². The standard InChI is InChI=1S/C19H26N2O5/c1-6-9-25-15-10-13(7-8-14(15)24-5)17-16(18(22)26-11(2)3)12(4)20-19(23)21-17/h7-8,10-11,17H,6,9H2,1-5H3,(H2,20,21,23). The monoisotopic (exact) mass is 362 g/mol. The van der Waals surface area contributed by atoms with Gasteiger partial charge >= 0.3 is 12.0 Å². The van der Waals surface area contributed by atoms with Gasteiger partial charge in [0.25, 0.3) is 0 Å². The zero-order valence-electron chi connectivity index (χ0n) is 15.8. The molecule has 142 valence electrons. The van der Waals surface area contributed by atoms with Crippen molar-refractivity contribution < 1.29 is 23.8 Å². The van der Waals surface area contributed by atoms with Crippen LogP contribution in [-0.4, -0.2) is 31.8 Å². The molecule has 0 bridgehead atoms. The second-order valence-electron chi connectivity index (χ2n) is 6.28. The second kappa shape index (κ2) is 8.60. The summed E-state index contributed by atoms with van der Waals surface area (Å²) in [7, 11) is 1.57. The van der Waals surface area contributed by atoms with E-state index >= 15 is 0 Å². The molecule has 1 aromatic rings. The molecule has 0 saturated carbocycles. The summed E-state index contributed by atoms with van der Waals surface area (Å²) >= 11 is 0. The quantitative estimate of drug-likeness (QED) is 0.728. The van der Waals surface area contributed by atoms with Crippen LogP contribution in [0.25, 0.3) is 0 Å². The molecule has 2 amide bonds. The fourth-order valence-corrected chi connectivity index (χ4v) is 2.69. The van der Waals surface area contributed by atoms with Crippen LogP contribution in [0.15, 0.2) is 29.5 Å². The zero-order chi connectivity index (χ0) is 19.3. The lowest BCUT2D eigenvalue weighted by molar-refractivity contribution is -0.143. The lowest BCUT2D eigenvalue weighted by Gasteiger charge is -2.29. The fraction of sp³-hybridized carbons (Fsp3) is 0.474. The molecular weight excluding hydrogens is 336 g/mol. The van der Waals surface area contributed by atoms with E-state index in [2.05, 4.69) is 10.6 Å². The normalized spacial score (nSPS) is 16.8. The largest absolute Gasteiger partial charge is 0.493 e. The summed E-state index contributed by atoms with van der Waals surface area (Å²) in [6.45, 7) is 7.79. The summed E-state index contributed by atoms with van der Waals surface area (Å²) in [5.41, 5.74) is 1.54. The van der Waals surface area contributed by atoms with E-state index in [1.807, 2.05) is 6.92 Å².